The average Bonchev–Trinajstić information content (AvgIpc) is 3.00. The van der Waals surface area contributed by atoms with Crippen LogP contribution in [0.15, 0.2) is 47.2 Å². The molecule has 0 saturated carbocycles. The molecule has 4 nitrogen and oxygen atoms in total. The molecule has 0 spiro atoms. The zero-order valence-corrected chi connectivity index (χ0v) is 13.5. The van der Waals surface area contributed by atoms with Gasteiger partial charge in [-0.05, 0) is 47.7 Å². The molecule has 2 amide bonds. The number of urea groups is 1. The number of rotatable bonds is 7. The first-order valence-corrected chi connectivity index (χ1v) is 8.34. The van der Waals surface area contributed by atoms with E-state index in [4.69, 9.17) is 0 Å². The van der Waals surface area contributed by atoms with Crippen molar-refractivity contribution in [2.75, 3.05) is 6.61 Å². The molecule has 2 rings (SSSR count). The van der Waals surface area contributed by atoms with E-state index in [1.165, 1.54) is 5.56 Å². The van der Waals surface area contributed by atoms with Gasteiger partial charge in [0.1, 0.15) is 0 Å². The van der Waals surface area contributed by atoms with Crippen LogP contribution in [0.25, 0.3) is 0 Å². The monoisotopic (exact) mass is 318 g/mol. The van der Waals surface area contributed by atoms with E-state index in [1.807, 2.05) is 42.6 Å². The first-order valence-electron chi connectivity index (χ1n) is 7.40. The molecule has 1 aromatic carbocycles. The van der Waals surface area contributed by atoms with Gasteiger partial charge in [0.05, 0.1) is 12.6 Å². The zero-order valence-electron chi connectivity index (χ0n) is 12.7. The Labute approximate surface area is 135 Å². The van der Waals surface area contributed by atoms with Crippen LogP contribution in [0.1, 0.15) is 18.1 Å². The summed E-state index contributed by atoms with van der Waals surface area (Å²) in [5.74, 6) is 0. The fourth-order valence-electron chi connectivity index (χ4n) is 2.32. The second-order valence-corrected chi connectivity index (χ2v) is 6.20. The molecule has 22 heavy (non-hydrogen) atoms. The molecule has 0 bridgehead atoms. The Hall–Kier alpha value is -1.85. The Morgan fingerprint density at radius 3 is 2.55 bits per heavy atom. The minimum Gasteiger partial charge on any atom is -0.394 e. The lowest BCUT2D eigenvalue weighted by molar-refractivity contribution is 0.213. The van der Waals surface area contributed by atoms with E-state index in [9.17, 15) is 9.90 Å². The van der Waals surface area contributed by atoms with Gasteiger partial charge >= 0.3 is 6.03 Å². The van der Waals surface area contributed by atoms with Gasteiger partial charge in [0.25, 0.3) is 0 Å². The molecule has 0 radical (unpaired) electrons. The number of aliphatic hydroxyl groups is 1. The quantitative estimate of drug-likeness (QED) is 0.735. The number of thiophene rings is 1. The Balaban J connectivity index is 1.79. The number of carbonyl (C=O) groups excluding carboxylic acids is 1. The van der Waals surface area contributed by atoms with Crippen LogP contribution < -0.4 is 10.6 Å². The molecular formula is C17H22N2O2S. The molecule has 118 valence electrons. The predicted octanol–water partition coefficient (Wildman–Crippen LogP) is 2.58. The first kappa shape index (κ1) is 16.5. The fraction of sp³-hybridized carbons (Fsp3) is 0.353. The highest BCUT2D eigenvalue weighted by Gasteiger charge is 2.14. The summed E-state index contributed by atoms with van der Waals surface area (Å²) < 4.78 is 0. The average molecular weight is 318 g/mol. The van der Waals surface area contributed by atoms with Crippen LogP contribution in [-0.2, 0) is 12.8 Å². The van der Waals surface area contributed by atoms with Gasteiger partial charge in [-0.2, -0.15) is 11.3 Å². The van der Waals surface area contributed by atoms with E-state index in [-0.39, 0.29) is 24.7 Å². The van der Waals surface area contributed by atoms with Crippen molar-refractivity contribution in [2.45, 2.75) is 31.8 Å². The molecular weight excluding hydrogens is 296 g/mol. The number of benzene rings is 1. The lowest BCUT2D eigenvalue weighted by atomic mass is 10.1. The fourth-order valence-corrected chi connectivity index (χ4v) is 3.01. The van der Waals surface area contributed by atoms with E-state index in [2.05, 4.69) is 22.1 Å². The molecule has 2 aromatic rings. The summed E-state index contributed by atoms with van der Waals surface area (Å²) in [5.41, 5.74) is 2.31. The summed E-state index contributed by atoms with van der Waals surface area (Å²) >= 11 is 1.65. The molecule has 0 aliphatic heterocycles. The molecule has 0 aliphatic carbocycles. The van der Waals surface area contributed by atoms with E-state index < -0.39 is 0 Å². The Morgan fingerprint density at radius 2 is 1.91 bits per heavy atom. The van der Waals surface area contributed by atoms with Gasteiger partial charge in [-0.3, -0.25) is 0 Å². The molecule has 0 unspecified atom stereocenters. The highest BCUT2D eigenvalue weighted by Crippen LogP contribution is 2.08. The zero-order chi connectivity index (χ0) is 15.8. The normalized spacial score (nSPS) is 13.4. The van der Waals surface area contributed by atoms with Crippen molar-refractivity contribution in [1.82, 2.24) is 10.6 Å². The molecule has 0 aliphatic rings. The highest BCUT2D eigenvalue weighted by molar-refractivity contribution is 7.07. The molecule has 0 saturated heterocycles. The van der Waals surface area contributed by atoms with Crippen molar-refractivity contribution in [3.8, 4) is 0 Å². The van der Waals surface area contributed by atoms with Crippen molar-refractivity contribution >= 4 is 17.4 Å². The summed E-state index contributed by atoms with van der Waals surface area (Å²) in [6.07, 6.45) is 1.42. The van der Waals surface area contributed by atoms with Crippen molar-refractivity contribution in [2.24, 2.45) is 0 Å². The van der Waals surface area contributed by atoms with Gasteiger partial charge in [0.15, 0.2) is 0 Å². The summed E-state index contributed by atoms with van der Waals surface area (Å²) in [4.78, 5) is 12.0. The number of hydrogen-bond donors (Lipinski definition) is 3. The maximum atomic E-state index is 12.0. The lowest BCUT2D eigenvalue weighted by Crippen LogP contribution is -2.48. The summed E-state index contributed by atoms with van der Waals surface area (Å²) in [7, 11) is 0. The SMILES string of the molecule is C[C@@H](Cc1ccsc1)NC(=O)N[C@H](CO)Cc1ccccc1. The van der Waals surface area contributed by atoms with Gasteiger partial charge in [-0.25, -0.2) is 4.79 Å². The molecule has 0 fully saturated rings. The second kappa shape index (κ2) is 8.56. The van der Waals surface area contributed by atoms with E-state index in [0.29, 0.717) is 6.42 Å². The summed E-state index contributed by atoms with van der Waals surface area (Å²) in [5, 5.41) is 19.3. The third-order valence-corrected chi connectivity index (χ3v) is 4.11. The van der Waals surface area contributed by atoms with Crippen molar-refractivity contribution < 1.29 is 9.90 Å². The molecule has 3 N–H and O–H groups in total. The minimum absolute atomic E-state index is 0.0469. The minimum atomic E-state index is -0.282. The van der Waals surface area contributed by atoms with Gasteiger partial charge in [-0.15, -0.1) is 0 Å². The van der Waals surface area contributed by atoms with Crippen LogP contribution in [-0.4, -0.2) is 29.8 Å². The number of carbonyl (C=O) groups is 1. The van der Waals surface area contributed by atoms with Crippen LogP contribution in [0.5, 0.6) is 0 Å². The highest BCUT2D eigenvalue weighted by atomic mass is 32.1. The van der Waals surface area contributed by atoms with Gasteiger partial charge in [0.2, 0.25) is 0 Å². The number of aliphatic hydroxyl groups excluding tert-OH is 1. The van der Waals surface area contributed by atoms with Crippen molar-refractivity contribution in [3.05, 3.63) is 58.3 Å². The smallest absolute Gasteiger partial charge is 0.315 e. The first-order chi connectivity index (χ1) is 10.7. The topological polar surface area (TPSA) is 61.4 Å². The third kappa shape index (κ3) is 5.50. The van der Waals surface area contributed by atoms with Crippen molar-refractivity contribution in [3.63, 3.8) is 0 Å². The van der Waals surface area contributed by atoms with Gasteiger partial charge < -0.3 is 15.7 Å². The molecule has 2 atom stereocenters. The number of nitrogens with one attached hydrogen (secondary N) is 2. The Kier molecular flexibility index (Phi) is 6.43. The van der Waals surface area contributed by atoms with Crippen LogP contribution in [0.2, 0.25) is 0 Å². The van der Waals surface area contributed by atoms with Crippen LogP contribution >= 0.6 is 11.3 Å². The number of amides is 2. The maximum Gasteiger partial charge on any atom is 0.315 e. The second-order valence-electron chi connectivity index (χ2n) is 5.42. The van der Waals surface area contributed by atoms with Gasteiger partial charge in [-0.1, -0.05) is 30.3 Å². The van der Waals surface area contributed by atoms with Gasteiger partial charge in [0, 0.05) is 6.04 Å². The van der Waals surface area contributed by atoms with Crippen LogP contribution in [0, 0.1) is 0 Å². The lowest BCUT2D eigenvalue weighted by Gasteiger charge is -2.19. The predicted molar refractivity (Wildman–Crippen MR) is 90.2 cm³/mol. The van der Waals surface area contributed by atoms with E-state index >= 15 is 0 Å². The largest absolute Gasteiger partial charge is 0.394 e. The molecule has 1 aromatic heterocycles. The Bertz CT molecular complexity index is 557. The summed E-state index contributed by atoms with van der Waals surface area (Å²) in [6, 6.07) is 11.4. The maximum absolute atomic E-state index is 12.0. The molecule has 1 heterocycles. The van der Waals surface area contributed by atoms with Crippen molar-refractivity contribution in [1.29, 1.82) is 0 Å². The van der Waals surface area contributed by atoms with Crippen LogP contribution in [0.3, 0.4) is 0 Å². The molecule has 5 heteroatoms. The third-order valence-electron chi connectivity index (χ3n) is 3.38. The number of hydrogen-bond acceptors (Lipinski definition) is 3. The Morgan fingerprint density at radius 1 is 1.14 bits per heavy atom. The van der Waals surface area contributed by atoms with E-state index in [1.54, 1.807) is 11.3 Å². The summed E-state index contributed by atoms with van der Waals surface area (Å²) in [6.45, 7) is 1.89. The van der Waals surface area contributed by atoms with Crippen LogP contribution in [0.4, 0.5) is 4.79 Å². The standard InChI is InChI=1S/C17H22N2O2S/c1-13(9-15-7-8-22-12-15)18-17(21)19-16(11-20)10-14-5-3-2-4-6-14/h2-8,12-13,16,20H,9-11H2,1H3,(H2,18,19,21)/t13-,16-/m0/s1. The van der Waals surface area contributed by atoms with E-state index in [0.717, 1.165) is 12.0 Å².